The Morgan fingerprint density at radius 3 is 2.50 bits per heavy atom. The first-order chi connectivity index (χ1) is 6.52. The first-order valence-corrected chi connectivity index (χ1v) is 6.26. The molecule has 0 aromatic carbocycles. The van der Waals surface area contributed by atoms with Gasteiger partial charge in [-0.25, -0.2) is 0 Å². The molecule has 3 atom stereocenters. The molecule has 0 heterocycles. The maximum Gasteiger partial charge on any atom is 0.235 e. The van der Waals surface area contributed by atoms with E-state index in [0.717, 1.165) is 0 Å². The van der Waals surface area contributed by atoms with Crippen molar-refractivity contribution in [3.8, 4) is 0 Å². The van der Waals surface area contributed by atoms with Crippen molar-refractivity contribution in [1.29, 1.82) is 0 Å². The fourth-order valence-corrected chi connectivity index (χ4v) is 2.24. The molecule has 0 rings (SSSR count). The van der Waals surface area contributed by atoms with E-state index >= 15 is 0 Å². The largest absolute Gasteiger partial charge is 0.355 e. The van der Waals surface area contributed by atoms with Gasteiger partial charge in [-0.15, -0.1) is 0 Å². The minimum Gasteiger partial charge on any atom is -0.355 e. The molecule has 4 nitrogen and oxygen atoms in total. The lowest BCUT2D eigenvalue weighted by Gasteiger charge is -2.13. The van der Waals surface area contributed by atoms with E-state index in [-0.39, 0.29) is 11.8 Å². The SMILES string of the molecule is CCNC(=O)C(C)S(=O)CC(C)CN. The van der Waals surface area contributed by atoms with Gasteiger partial charge in [0, 0.05) is 23.1 Å². The standard InChI is InChI=1S/C9H20N2O2S/c1-4-11-9(12)8(3)14(13)6-7(2)5-10/h7-8H,4-6,10H2,1-3H3,(H,11,12). The summed E-state index contributed by atoms with van der Waals surface area (Å²) in [6.45, 7) is 6.55. The molecule has 0 bridgehead atoms. The molecule has 14 heavy (non-hydrogen) atoms. The molecule has 0 aromatic heterocycles. The number of nitrogens with two attached hydrogens (primary N) is 1. The van der Waals surface area contributed by atoms with E-state index in [2.05, 4.69) is 5.32 Å². The van der Waals surface area contributed by atoms with Crippen LogP contribution in [0.3, 0.4) is 0 Å². The van der Waals surface area contributed by atoms with Gasteiger partial charge in [-0.05, 0) is 26.3 Å². The molecule has 0 radical (unpaired) electrons. The highest BCUT2D eigenvalue weighted by atomic mass is 32.2. The highest BCUT2D eigenvalue weighted by molar-refractivity contribution is 7.86. The fourth-order valence-electron chi connectivity index (χ4n) is 0.930. The fraction of sp³-hybridized carbons (Fsp3) is 0.889. The van der Waals surface area contributed by atoms with E-state index < -0.39 is 16.0 Å². The van der Waals surface area contributed by atoms with Crippen molar-refractivity contribution in [1.82, 2.24) is 5.32 Å². The van der Waals surface area contributed by atoms with Crippen LogP contribution in [0.2, 0.25) is 0 Å². The van der Waals surface area contributed by atoms with E-state index in [9.17, 15) is 9.00 Å². The molecule has 1 amide bonds. The second-order valence-corrected chi connectivity index (χ2v) is 5.23. The molecular weight excluding hydrogens is 200 g/mol. The van der Waals surface area contributed by atoms with Crippen LogP contribution in [0.25, 0.3) is 0 Å². The van der Waals surface area contributed by atoms with Gasteiger partial charge in [0.2, 0.25) is 5.91 Å². The third-order valence-electron chi connectivity index (χ3n) is 1.97. The molecule has 0 aliphatic heterocycles. The molecule has 0 spiro atoms. The van der Waals surface area contributed by atoms with E-state index in [0.29, 0.717) is 18.8 Å². The Morgan fingerprint density at radius 1 is 1.50 bits per heavy atom. The molecule has 3 unspecified atom stereocenters. The van der Waals surface area contributed by atoms with E-state index in [1.54, 1.807) is 6.92 Å². The summed E-state index contributed by atoms with van der Waals surface area (Å²) in [6, 6.07) is 0. The number of nitrogens with one attached hydrogen (secondary N) is 1. The lowest BCUT2D eigenvalue weighted by molar-refractivity contribution is -0.120. The first kappa shape index (κ1) is 13.6. The Hall–Kier alpha value is -0.420. The van der Waals surface area contributed by atoms with Crippen molar-refractivity contribution in [2.75, 3.05) is 18.8 Å². The van der Waals surface area contributed by atoms with Crippen LogP contribution < -0.4 is 11.1 Å². The zero-order valence-electron chi connectivity index (χ0n) is 9.08. The summed E-state index contributed by atoms with van der Waals surface area (Å²) in [6.07, 6.45) is 0. The van der Waals surface area contributed by atoms with Gasteiger partial charge in [0.1, 0.15) is 5.25 Å². The average molecular weight is 220 g/mol. The lowest BCUT2D eigenvalue weighted by atomic mass is 10.2. The summed E-state index contributed by atoms with van der Waals surface area (Å²) in [7, 11) is -1.12. The van der Waals surface area contributed by atoms with Crippen LogP contribution in [-0.4, -0.2) is 34.2 Å². The van der Waals surface area contributed by atoms with Gasteiger partial charge >= 0.3 is 0 Å². The van der Waals surface area contributed by atoms with Crippen LogP contribution >= 0.6 is 0 Å². The van der Waals surface area contributed by atoms with Gasteiger partial charge in [0.05, 0.1) is 0 Å². The first-order valence-electron chi connectivity index (χ1n) is 4.87. The summed E-state index contributed by atoms with van der Waals surface area (Å²) < 4.78 is 11.6. The van der Waals surface area contributed by atoms with E-state index in [1.165, 1.54) is 0 Å². The van der Waals surface area contributed by atoms with Gasteiger partial charge in [0.25, 0.3) is 0 Å². The van der Waals surface area contributed by atoms with Crippen molar-refractivity contribution in [2.24, 2.45) is 11.7 Å². The minimum atomic E-state index is -1.12. The number of hydrogen-bond acceptors (Lipinski definition) is 3. The van der Waals surface area contributed by atoms with Crippen molar-refractivity contribution >= 4 is 16.7 Å². The maximum absolute atomic E-state index is 11.6. The number of amides is 1. The van der Waals surface area contributed by atoms with Crippen LogP contribution in [0.15, 0.2) is 0 Å². The lowest BCUT2D eigenvalue weighted by Crippen LogP contribution is -2.37. The van der Waals surface area contributed by atoms with Crippen LogP contribution in [0, 0.1) is 5.92 Å². The molecule has 0 aromatic rings. The Labute approximate surface area is 88.1 Å². The molecule has 0 saturated heterocycles. The number of rotatable bonds is 6. The normalized spacial score (nSPS) is 17.1. The minimum absolute atomic E-state index is 0.143. The Kier molecular flexibility index (Phi) is 6.74. The van der Waals surface area contributed by atoms with Gasteiger partial charge in [-0.3, -0.25) is 9.00 Å². The van der Waals surface area contributed by atoms with Gasteiger partial charge in [-0.1, -0.05) is 6.92 Å². The summed E-state index contributed by atoms with van der Waals surface area (Å²) in [5.41, 5.74) is 5.42. The Balaban J connectivity index is 4.04. The molecular formula is C9H20N2O2S. The van der Waals surface area contributed by atoms with E-state index in [1.807, 2.05) is 13.8 Å². The number of carbonyl (C=O) groups is 1. The van der Waals surface area contributed by atoms with Gasteiger partial charge < -0.3 is 11.1 Å². The quantitative estimate of drug-likeness (QED) is 0.654. The van der Waals surface area contributed by atoms with Crippen LogP contribution in [-0.2, 0) is 15.6 Å². The Morgan fingerprint density at radius 2 is 2.07 bits per heavy atom. The van der Waals surface area contributed by atoms with Crippen molar-refractivity contribution < 1.29 is 9.00 Å². The summed E-state index contributed by atoms with van der Waals surface area (Å²) in [5.74, 6) is 0.553. The molecule has 84 valence electrons. The highest BCUT2D eigenvalue weighted by Gasteiger charge is 2.20. The summed E-state index contributed by atoms with van der Waals surface area (Å²) in [5, 5.41) is 2.21. The van der Waals surface area contributed by atoms with Crippen molar-refractivity contribution in [3.05, 3.63) is 0 Å². The summed E-state index contributed by atoms with van der Waals surface area (Å²) in [4.78, 5) is 11.3. The van der Waals surface area contributed by atoms with Gasteiger partial charge in [-0.2, -0.15) is 0 Å². The second-order valence-electron chi connectivity index (χ2n) is 3.43. The predicted octanol–water partition coefficient (Wildman–Crippen LogP) is -0.145. The molecule has 0 fully saturated rings. The van der Waals surface area contributed by atoms with Gasteiger partial charge in [0.15, 0.2) is 0 Å². The van der Waals surface area contributed by atoms with Crippen LogP contribution in [0.4, 0.5) is 0 Å². The molecule has 3 N–H and O–H groups in total. The average Bonchev–Trinajstić information content (AvgIpc) is 2.16. The van der Waals surface area contributed by atoms with Crippen molar-refractivity contribution in [3.63, 3.8) is 0 Å². The van der Waals surface area contributed by atoms with Crippen LogP contribution in [0.5, 0.6) is 0 Å². The smallest absolute Gasteiger partial charge is 0.235 e. The molecule has 0 aliphatic carbocycles. The Bertz CT molecular complexity index is 209. The summed E-state index contributed by atoms with van der Waals surface area (Å²) >= 11 is 0. The number of hydrogen-bond donors (Lipinski definition) is 2. The third kappa shape index (κ3) is 4.72. The zero-order chi connectivity index (χ0) is 11.1. The van der Waals surface area contributed by atoms with Crippen LogP contribution in [0.1, 0.15) is 20.8 Å². The monoisotopic (exact) mass is 220 g/mol. The van der Waals surface area contributed by atoms with E-state index in [4.69, 9.17) is 5.73 Å². The molecule has 5 heteroatoms. The topological polar surface area (TPSA) is 72.2 Å². The molecule has 0 saturated carbocycles. The second kappa shape index (κ2) is 6.95. The van der Waals surface area contributed by atoms with Crippen molar-refractivity contribution in [2.45, 2.75) is 26.0 Å². The number of carbonyl (C=O) groups excluding carboxylic acids is 1. The predicted molar refractivity (Wildman–Crippen MR) is 59.4 cm³/mol. The third-order valence-corrected chi connectivity index (χ3v) is 3.87. The zero-order valence-corrected chi connectivity index (χ0v) is 9.89. The molecule has 0 aliphatic rings. The maximum atomic E-state index is 11.6. The highest BCUT2D eigenvalue weighted by Crippen LogP contribution is 2.02.